The van der Waals surface area contributed by atoms with Crippen LogP contribution in [0, 0.1) is 11.8 Å². The first-order valence-electron chi connectivity index (χ1n) is 6.96. The van der Waals surface area contributed by atoms with Crippen molar-refractivity contribution in [3.63, 3.8) is 0 Å². The van der Waals surface area contributed by atoms with Crippen molar-refractivity contribution in [1.29, 1.82) is 0 Å². The maximum absolute atomic E-state index is 10.2. The molecular weight excluding hydrogens is 302 g/mol. The summed E-state index contributed by atoms with van der Waals surface area (Å²) in [4.78, 5) is 8.06. The van der Waals surface area contributed by atoms with Crippen molar-refractivity contribution in [1.82, 2.24) is 14.5 Å². The Morgan fingerprint density at radius 3 is 2.65 bits per heavy atom. The summed E-state index contributed by atoms with van der Waals surface area (Å²) in [5, 5.41) is 29.8. The maximum atomic E-state index is 10.2. The molecule has 1 saturated heterocycles. The van der Waals surface area contributed by atoms with Crippen molar-refractivity contribution in [3.05, 3.63) is 11.8 Å². The number of aliphatic hydroxyl groups excluding tert-OH is 3. The second-order valence-electron chi connectivity index (χ2n) is 5.22. The second-order valence-corrected chi connectivity index (χ2v) is 5.22. The monoisotopic (exact) mass is 319 g/mol. The van der Waals surface area contributed by atoms with Gasteiger partial charge in [-0.2, -0.15) is 9.97 Å². The average molecular weight is 319 g/mol. The molecule has 3 heterocycles. The van der Waals surface area contributed by atoms with E-state index >= 15 is 0 Å². The van der Waals surface area contributed by atoms with Gasteiger partial charge >= 0.3 is 0 Å². The van der Waals surface area contributed by atoms with Gasteiger partial charge in [0.05, 0.1) is 17.6 Å². The van der Waals surface area contributed by atoms with E-state index in [1.54, 1.807) is 13.1 Å². The Hall–Kier alpha value is -2.38. The van der Waals surface area contributed by atoms with Crippen molar-refractivity contribution in [2.75, 3.05) is 18.1 Å². The lowest BCUT2D eigenvalue weighted by atomic mass is 10.1. The molecule has 122 valence electrons. The molecule has 1 fully saturated rings. The van der Waals surface area contributed by atoms with Gasteiger partial charge in [0.15, 0.2) is 11.9 Å². The lowest BCUT2D eigenvalue weighted by Gasteiger charge is -2.17. The van der Waals surface area contributed by atoms with Crippen LogP contribution < -0.4 is 11.5 Å². The molecule has 3 rings (SSSR count). The summed E-state index contributed by atoms with van der Waals surface area (Å²) >= 11 is 0. The number of nitrogens with two attached hydrogens (primary N) is 2. The molecule has 9 nitrogen and oxygen atoms in total. The topological polar surface area (TPSA) is 153 Å². The van der Waals surface area contributed by atoms with Crippen LogP contribution in [0.4, 0.5) is 11.8 Å². The number of rotatable bonds is 2. The molecule has 1 aliphatic rings. The first-order chi connectivity index (χ1) is 11.0. The summed E-state index contributed by atoms with van der Waals surface area (Å²) in [6.07, 6.45) is -2.72. The molecule has 1 aliphatic heterocycles. The highest BCUT2D eigenvalue weighted by Gasteiger charge is 2.44. The highest BCUT2D eigenvalue weighted by molar-refractivity contribution is 5.93. The summed E-state index contributed by atoms with van der Waals surface area (Å²) < 4.78 is 7.02. The fourth-order valence-electron chi connectivity index (χ4n) is 2.73. The van der Waals surface area contributed by atoms with Crippen LogP contribution in [-0.2, 0) is 4.74 Å². The van der Waals surface area contributed by atoms with Gasteiger partial charge in [0.1, 0.15) is 24.1 Å². The van der Waals surface area contributed by atoms with Gasteiger partial charge in [-0.15, -0.1) is 5.92 Å². The van der Waals surface area contributed by atoms with Gasteiger partial charge in [-0.25, -0.2) is 0 Å². The predicted octanol–water partition coefficient (Wildman–Crippen LogP) is -1.42. The molecule has 0 aromatic carbocycles. The van der Waals surface area contributed by atoms with Crippen molar-refractivity contribution < 1.29 is 20.1 Å². The molecule has 0 unspecified atom stereocenters. The van der Waals surface area contributed by atoms with Gasteiger partial charge in [-0.1, -0.05) is 5.92 Å². The first-order valence-corrected chi connectivity index (χ1v) is 6.96. The van der Waals surface area contributed by atoms with E-state index in [9.17, 15) is 15.3 Å². The third-order valence-electron chi connectivity index (χ3n) is 3.77. The van der Waals surface area contributed by atoms with Crippen LogP contribution in [0.1, 0.15) is 18.7 Å². The van der Waals surface area contributed by atoms with E-state index in [-0.39, 0.29) is 11.8 Å². The van der Waals surface area contributed by atoms with Crippen LogP contribution in [0.25, 0.3) is 11.0 Å². The lowest BCUT2D eigenvalue weighted by molar-refractivity contribution is -0.0508. The van der Waals surface area contributed by atoms with Gasteiger partial charge in [0.25, 0.3) is 0 Å². The summed E-state index contributed by atoms with van der Waals surface area (Å²) in [7, 11) is 0. The average Bonchev–Trinajstić information content (AvgIpc) is 2.99. The molecule has 0 radical (unpaired) electrons. The molecule has 0 bridgehead atoms. The Kier molecular flexibility index (Phi) is 3.83. The number of aromatic nitrogens is 3. The molecular formula is C14H17N5O4. The number of anilines is 2. The van der Waals surface area contributed by atoms with E-state index in [0.717, 1.165) is 0 Å². The van der Waals surface area contributed by atoms with Crippen LogP contribution in [-0.4, -0.2) is 54.8 Å². The Balaban J connectivity index is 2.20. The minimum atomic E-state index is -1.25. The van der Waals surface area contributed by atoms with Crippen LogP contribution >= 0.6 is 0 Å². The molecule has 0 amide bonds. The maximum Gasteiger partial charge on any atom is 0.223 e. The van der Waals surface area contributed by atoms with Crippen molar-refractivity contribution in [2.24, 2.45) is 0 Å². The smallest absolute Gasteiger partial charge is 0.223 e. The number of fused-ring (bicyclic) bond motifs is 1. The fourth-order valence-corrected chi connectivity index (χ4v) is 2.73. The van der Waals surface area contributed by atoms with Gasteiger partial charge in [-0.3, -0.25) is 0 Å². The van der Waals surface area contributed by atoms with E-state index in [0.29, 0.717) is 16.6 Å². The quantitative estimate of drug-likeness (QED) is 0.423. The largest absolute Gasteiger partial charge is 0.394 e. The van der Waals surface area contributed by atoms with E-state index in [1.807, 2.05) is 0 Å². The van der Waals surface area contributed by atoms with Crippen LogP contribution in [0.2, 0.25) is 0 Å². The number of nitrogens with zero attached hydrogens (tertiary/aromatic N) is 3. The minimum Gasteiger partial charge on any atom is -0.394 e. The molecule has 0 aliphatic carbocycles. The van der Waals surface area contributed by atoms with E-state index in [2.05, 4.69) is 21.8 Å². The molecule has 2 aromatic heterocycles. The zero-order valence-electron chi connectivity index (χ0n) is 12.3. The molecule has 23 heavy (non-hydrogen) atoms. The number of nitrogen functional groups attached to an aromatic ring is 2. The first kappa shape index (κ1) is 15.5. The highest BCUT2D eigenvalue weighted by Crippen LogP contribution is 2.34. The molecule has 0 spiro atoms. The second kappa shape index (κ2) is 5.68. The highest BCUT2D eigenvalue weighted by atomic mass is 16.6. The summed E-state index contributed by atoms with van der Waals surface area (Å²) in [5.41, 5.74) is 12.4. The van der Waals surface area contributed by atoms with Crippen molar-refractivity contribution in [2.45, 2.75) is 31.5 Å². The Morgan fingerprint density at radius 1 is 1.30 bits per heavy atom. The lowest BCUT2D eigenvalue weighted by Crippen LogP contribution is -2.33. The number of hydrogen-bond acceptors (Lipinski definition) is 8. The predicted molar refractivity (Wildman–Crippen MR) is 81.9 cm³/mol. The SMILES string of the molecule is CC#Cc1cn([C@@H]2O[C@H](CO)[C@@H](O)[C@H]2O)c2nc(N)nc(N)c12. The van der Waals surface area contributed by atoms with Gasteiger partial charge in [0.2, 0.25) is 5.95 Å². The van der Waals surface area contributed by atoms with Crippen molar-refractivity contribution in [3.8, 4) is 11.8 Å². The Labute approximate surface area is 131 Å². The molecule has 9 heteroatoms. The van der Waals surface area contributed by atoms with Crippen LogP contribution in [0.15, 0.2) is 6.20 Å². The standard InChI is InChI=1S/C14H17N5O4/c1-2-3-6-4-19(12-8(6)11(15)17-14(16)18-12)13-10(22)9(21)7(5-20)23-13/h4,7,9-10,13,20-22H,5H2,1H3,(H4,15,16,17,18)/t7-,9-,10-,13-/m1/s1. The number of hydrogen-bond donors (Lipinski definition) is 5. The Bertz CT molecular complexity index is 809. The zero-order valence-corrected chi connectivity index (χ0v) is 12.3. The summed E-state index contributed by atoms with van der Waals surface area (Å²) in [5.74, 6) is 5.78. The van der Waals surface area contributed by atoms with E-state index in [1.165, 1.54) is 4.57 Å². The summed E-state index contributed by atoms with van der Waals surface area (Å²) in [6.45, 7) is 1.25. The molecule has 4 atom stereocenters. The molecule has 7 N–H and O–H groups in total. The third-order valence-corrected chi connectivity index (χ3v) is 3.77. The van der Waals surface area contributed by atoms with E-state index in [4.69, 9.17) is 16.2 Å². The van der Waals surface area contributed by atoms with Crippen LogP contribution in [0.5, 0.6) is 0 Å². The third kappa shape index (κ3) is 2.38. The fraction of sp³-hybridized carbons (Fsp3) is 0.429. The zero-order chi connectivity index (χ0) is 16.7. The van der Waals surface area contributed by atoms with Crippen molar-refractivity contribution >= 4 is 22.8 Å². The number of aliphatic hydroxyl groups is 3. The summed E-state index contributed by atoms with van der Waals surface area (Å²) in [6, 6.07) is 0. The normalized spacial score (nSPS) is 27.1. The molecule has 0 saturated carbocycles. The minimum absolute atomic E-state index is 0.0305. The van der Waals surface area contributed by atoms with Gasteiger partial charge < -0.3 is 36.1 Å². The molecule has 2 aromatic rings. The van der Waals surface area contributed by atoms with Crippen LogP contribution in [0.3, 0.4) is 0 Å². The van der Waals surface area contributed by atoms with E-state index < -0.39 is 31.1 Å². The Morgan fingerprint density at radius 2 is 2.04 bits per heavy atom. The van der Waals surface area contributed by atoms with Gasteiger partial charge in [0, 0.05) is 6.20 Å². The van der Waals surface area contributed by atoms with Gasteiger partial charge in [-0.05, 0) is 6.92 Å². The number of ether oxygens (including phenoxy) is 1.